The van der Waals surface area contributed by atoms with Gasteiger partial charge in [-0.3, -0.25) is 4.90 Å². The Kier molecular flexibility index (Phi) is 2.75. The summed E-state index contributed by atoms with van der Waals surface area (Å²) >= 11 is 0. The molecule has 0 amide bonds. The van der Waals surface area contributed by atoms with Gasteiger partial charge < -0.3 is 5.11 Å². The van der Waals surface area contributed by atoms with Gasteiger partial charge in [0, 0.05) is 24.2 Å². The second kappa shape index (κ2) is 3.25. The predicted molar refractivity (Wildman–Crippen MR) is 55.7 cm³/mol. The van der Waals surface area contributed by atoms with E-state index in [0.29, 0.717) is 12.5 Å². The summed E-state index contributed by atoms with van der Waals surface area (Å²) in [5, 5.41) is 9.16. The van der Waals surface area contributed by atoms with Crippen molar-refractivity contribution < 1.29 is 5.11 Å². The number of hydrogen-bond acceptors (Lipinski definition) is 2. The van der Waals surface area contributed by atoms with Crippen molar-refractivity contribution in [2.45, 2.75) is 52.1 Å². The third-order valence-corrected chi connectivity index (χ3v) is 3.03. The van der Waals surface area contributed by atoms with E-state index in [4.69, 9.17) is 5.11 Å². The number of nitrogens with zero attached hydrogens (tertiary/aromatic N) is 1. The number of likely N-dealkylation sites (tertiary alicyclic amines) is 1. The van der Waals surface area contributed by atoms with Crippen LogP contribution in [0, 0.1) is 5.92 Å². The molecule has 78 valence electrons. The third kappa shape index (κ3) is 2.23. The van der Waals surface area contributed by atoms with E-state index in [1.165, 1.54) is 0 Å². The molecule has 0 aliphatic carbocycles. The Morgan fingerprint density at radius 3 is 2.15 bits per heavy atom. The van der Waals surface area contributed by atoms with Crippen LogP contribution in [0.15, 0.2) is 0 Å². The predicted octanol–water partition coefficient (Wildman–Crippen LogP) is 1.88. The first-order chi connectivity index (χ1) is 5.77. The molecular formula is C11H23NO. The minimum atomic E-state index is 0.216. The van der Waals surface area contributed by atoms with Gasteiger partial charge in [0.2, 0.25) is 0 Å². The highest BCUT2D eigenvalue weighted by molar-refractivity contribution is 4.97. The van der Waals surface area contributed by atoms with Crippen LogP contribution in [0.3, 0.4) is 0 Å². The summed E-state index contributed by atoms with van der Waals surface area (Å²) in [5.41, 5.74) is 0.457. The monoisotopic (exact) mass is 185 g/mol. The Labute approximate surface area is 81.9 Å². The molecule has 0 aromatic rings. The molecule has 13 heavy (non-hydrogen) atoms. The molecule has 1 rings (SSSR count). The summed E-state index contributed by atoms with van der Waals surface area (Å²) in [6.07, 6.45) is 1.11. The highest BCUT2D eigenvalue weighted by Crippen LogP contribution is 2.37. The minimum absolute atomic E-state index is 0.216. The van der Waals surface area contributed by atoms with Crippen LogP contribution in [0.1, 0.15) is 41.0 Å². The van der Waals surface area contributed by atoms with Crippen molar-refractivity contribution in [1.29, 1.82) is 0 Å². The summed E-state index contributed by atoms with van der Waals surface area (Å²) in [5.74, 6) is 0.467. The zero-order chi connectivity index (χ0) is 10.3. The molecule has 0 radical (unpaired) electrons. The van der Waals surface area contributed by atoms with Crippen molar-refractivity contribution in [2.75, 3.05) is 13.2 Å². The second-order valence-electron chi connectivity index (χ2n) is 5.85. The molecule has 2 heteroatoms. The lowest BCUT2D eigenvalue weighted by atomic mass is 9.94. The van der Waals surface area contributed by atoms with Crippen molar-refractivity contribution in [3.63, 3.8) is 0 Å². The smallest absolute Gasteiger partial charge is 0.0472 e. The molecule has 1 aliphatic rings. The molecule has 0 bridgehead atoms. The standard InChI is InChI=1S/C11H23NO/c1-10(2,3)12-7-9(8-13)6-11(12,4)5/h9,13H,6-8H2,1-5H3/t9-/m1/s1. The molecule has 1 aliphatic heterocycles. The van der Waals surface area contributed by atoms with E-state index in [1.54, 1.807) is 0 Å². The Balaban J connectivity index is 2.76. The van der Waals surface area contributed by atoms with Crippen molar-refractivity contribution in [3.8, 4) is 0 Å². The fourth-order valence-corrected chi connectivity index (χ4v) is 2.69. The molecule has 1 fully saturated rings. The van der Waals surface area contributed by atoms with Gasteiger partial charge in [0.25, 0.3) is 0 Å². The molecule has 0 aromatic carbocycles. The van der Waals surface area contributed by atoms with Crippen LogP contribution in [-0.4, -0.2) is 34.2 Å². The van der Waals surface area contributed by atoms with Gasteiger partial charge in [-0.1, -0.05) is 0 Å². The molecule has 1 N–H and O–H groups in total. The Bertz CT molecular complexity index is 181. The first-order valence-corrected chi connectivity index (χ1v) is 5.16. The highest BCUT2D eigenvalue weighted by atomic mass is 16.3. The van der Waals surface area contributed by atoms with E-state index in [0.717, 1.165) is 13.0 Å². The molecule has 1 atom stereocenters. The normalized spacial score (nSPS) is 29.5. The van der Waals surface area contributed by atoms with Crippen LogP contribution >= 0.6 is 0 Å². The lowest BCUT2D eigenvalue weighted by Gasteiger charge is -2.42. The number of hydrogen-bond donors (Lipinski definition) is 1. The van der Waals surface area contributed by atoms with Crippen LogP contribution in [0.5, 0.6) is 0 Å². The topological polar surface area (TPSA) is 23.5 Å². The Morgan fingerprint density at radius 2 is 1.92 bits per heavy atom. The molecule has 2 nitrogen and oxygen atoms in total. The van der Waals surface area contributed by atoms with E-state index < -0.39 is 0 Å². The number of aliphatic hydroxyl groups excluding tert-OH is 1. The molecule has 0 spiro atoms. The van der Waals surface area contributed by atoms with E-state index in [2.05, 4.69) is 39.5 Å². The fourth-order valence-electron chi connectivity index (χ4n) is 2.69. The maximum atomic E-state index is 9.16. The molecule has 0 aromatic heterocycles. The van der Waals surface area contributed by atoms with Gasteiger partial charge >= 0.3 is 0 Å². The van der Waals surface area contributed by atoms with Crippen LogP contribution in [0.2, 0.25) is 0 Å². The third-order valence-electron chi connectivity index (χ3n) is 3.03. The second-order valence-corrected chi connectivity index (χ2v) is 5.85. The molecule has 1 saturated heterocycles. The van der Waals surface area contributed by atoms with Crippen molar-refractivity contribution >= 4 is 0 Å². The van der Waals surface area contributed by atoms with Crippen molar-refractivity contribution in [2.24, 2.45) is 5.92 Å². The summed E-state index contributed by atoms with van der Waals surface area (Å²) < 4.78 is 0. The van der Waals surface area contributed by atoms with Crippen LogP contribution in [0.4, 0.5) is 0 Å². The molecule has 0 unspecified atom stereocenters. The largest absolute Gasteiger partial charge is 0.396 e. The summed E-state index contributed by atoms with van der Waals surface area (Å²) in [6.45, 7) is 12.6. The molecular weight excluding hydrogens is 162 g/mol. The Hall–Kier alpha value is -0.0800. The van der Waals surface area contributed by atoms with Gasteiger partial charge in [-0.15, -0.1) is 0 Å². The lowest BCUT2D eigenvalue weighted by Crippen LogP contribution is -2.50. The van der Waals surface area contributed by atoms with Crippen LogP contribution < -0.4 is 0 Å². The summed E-state index contributed by atoms with van der Waals surface area (Å²) in [4.78, 5) is 2.50. The SMILES string of the molecule is CC(C)(C)N1C[C@H](CO)CC1(C)C. The maximum absolute atomic E-state index is 9.16. The van der Waals surface area contributed by atoms with E-state index in [9.17, 15) is 0 Å². The van der Waals surface area contributed by atoms with Crippen LogP contribution in [0.25, 0.3) is 0 Å². The zero-order valence-electron chi connectivity index (χ0n) is 9.59. The van der Waals surface area contributed by atoms with Crippen LogP contribution in [-0.2, 0) is 0 Å². The zero-order valence-corrected chi connectivity index (χ0v) is 9.59. The average Bonchev–Trinajstić information content (AvgIpc) is 2.24. The first kappa shape index (κ1) is 11.0. The van der Waals surface area contributed by atoms with Gasteiger partial charge in [0.1, 0.15) is 0 Å². The van der Waals surface area contributed by atoms with Gasteiger partial charge in [-0.2, -0.15) is 0 Å². The van der Waals surface area contributed by atoms with E-state index in [-0.39, 0.29) is 11.1 Å². The van der Waals surface area contributed by atoms with Gasteiger partial charge in [-0.05, 0) is 47.0 Å². The Morgan fingerprint density at radius 1 is 1.38 bits per heavy atom. The molecule has 0 saturated carbocycles. The average molecular weight is 185 g/mol. The quantitative estimate of drug-likeness (QED) is 0.674. The summed E-state index contributed by atoms with van der Waals surface area (Å²) in [6, 6.07) is 0. The van der Waals surface area contributed by atoms with Gasteiger partial charge in [-0.25, -0.2) is 0 Å². The first-order valence-electron chi connectivity index (χ1n) is 5.16. The molecule has 1 heterocycles. The highest BCUT2D eigenvalue weighted by Gasteiger charge is 2.42. The minimum Gasteiger partial charge on any atom is -0.396 e. The maximum Gasteiger partial charge on any atom is 0.0472 e. The van der Waals surface area contributed by atoms with Gasteiger partial charge in [0.15, 0.2) is 0 Å². The fraction of sp³-hybridized carbons (Fsp3) is 1.00. The summed E-state index contributed by atoms with van der Waals surface area (Å²) in [7, 11) is 0. The number of aliphatic hydroxyl groups is 1. The van der Waals surface area contributed by atoms with Crippen molar-refractivity contribution in [1.82, 2.24) is 4.90 Å². The van der Waals surface area contributed by atoms with E-state index >= 15 is 0 Å². The number of rotatable bonds is 1. The van der Waals surface area contributed by atoms with Crippen molar-refractivity contribution in [3.05, 3.63) is 0 Å². The lowest BCUT2D eigenvalue weighted by molar-refractivity contribution is 0.0661. The van der Waals surface area contributed by atoms with E-state index in [1.807, 2.05) is 0 Å². The van der Waals surface area contributed by atoms with Gasteiger partial charge in [0.05, 0.1) is 0 Å².